The van der Waals surface area contributed by atoms with Gasteiger partial charge in [-0.1, -0.05) is 194 Å². The summed E-state index contributed by atoms with van der Waals surface area (Å²) in [5.74, 6) is -226. The van der Waals surface area contributed by atoms with Crippen molar-refractivity contribution in [3.63, 3.8) is 0 Å². The highest BCUT2D eigenvalue weighted by molar-refractivity contribution is 5.79. The van der Waals surface area contributed by atoms with Crippen LogP contribution in [0.25, 0.3) is 0 Å². The van der Waals surface area contributed by atoms with Crippen LogP contribution >= 0.6 is 0 Å². The molecule has 72 heteroatoms. The monoisotopic (exact) mass is 2360 g/mol. The second-order valence-electron chi connectivity index (χ2n) is 31.9. The van der Waals surface area contributed by atoms with Gasteiger partial charge in [-0.2, -0.15) is 263 Å². The van der Waals surface area contributed by atoms with Crippen LogP contribution in [0.2, 0.25) is 0 Å². The van der Waals surface area contributed by atoms with Crippen LogP contribution in [0.5, 0.6) is 0 Å². The van der Waals surface area contributed by atoms with Gasteiger partial charge in [0.15, 0.2) is 0 Å². The maximum Gasteiger partial charge on any atom is 0.410 e. The number of unbranched alkanes of at least 4 members (excludes halogenated alkanes) is 18. The van der Waals surface area contributed by atoms with Gasteiger partial charge in [0.1, 0.15) is 0 Å². The number of hydrogen-bond donors (Lipinski definition) is 6. The van der Waals surface area contributed by atoms with Crippen LogP contribution in [-0.4, -0.2) is 244 Å². The molecule has 6 N–H and O–H groups in total. The summed E-state index contributed by atoms with van der Waals surface area (Å²) in [6, 6.07) is 12.0. The summed E-state index contributed by atoms with van der Waals surface area (Å²) in [5.41, 5.74) is 0. The van der Waals surface area contributed by atoms with Crippen LogP contribution in [0.3, 0.4) is 0 Å². The molecule has 1 rings (SSSR count). The highest BCUT2D eigenvalue weighted by Crippen LogP contribution is 2.66. The Balaban J connectivity index is -0.000000409. The standard InChI is InChI=1S/6C12H14F10O2.C6H6/c6*1-2-3-4-5-6-8(13,14)10(17,18)12(21,22)11(19,20)9(15,16)7(23)24;1-2-4-6-5-3-1/h6*2-6H2,1H3,(H,23,24);1-6H. The first-order valence-corrected chi connectivity index (χ1v) is 41.8. The van der Waals surface area contributed by atoms with Gasteiger partial charge in [-0.15, -0.1) is 0 Å². The van der Waals surface area contributed by atoms with E-state index in [-0.39, 0.29) is 77.0 Å². The minimum absolute atomic E-state index is 0.102. The van der Waals surface area contributed by atoms with Gasteiger partial charge >= 0.3 is 213 Å². The molecule has 894 valence electrons. The Morgan fingerprint density at radius 2 is 0.213 bits per heavy atom. The molecule has 0 amide bonds. The molecule has 0 heterocycles. The normalized spacial score (nSPS) is 14.5. The van der Waals surface area contributed by atoms with Gasteiger partial charge in [-0.25, -0.2) is 28.8 Å². The van der Waals surface area contributed by atoms with Crippen molar-refractivity contribution in [1.29, 1.82) is 0 Å². The lowest BCUT2D eigenvalue weighted by molar-refractivity contribution is -0.397. The van der Waals surface area contributed by atoms with Crippen molar-refractivity contribution in [2.45, 2.75) is 412 Å². The van der Waals surface area contributed by atoms with E-state index in [1.54, 1.807) is 41.5 Å². The van der Waals surface area contributed by atoms with Gasteiger partial charge in [0.25, 0.3) is 0 Å². The predicted molar refractivity (Wildman–Crippen MR) is 393 cm³/mol. The number of carboxylic acids is 6. The van der Waals surface area contributed by atoms with E-state index in [1.807, 2.05) is 36.4 Å². The Bertz CT molecular complexity index is 3570. The molecule has 0 unspecified atom stereocenters. The lowest BCUT2D eigenvalue weighted by atomic mass is 9.92. The van der Waals surface area contributed by atoms with Gasteiger partial charge in [-0.3, -0.25) is 0 Å². The van der Waals surface area contributed by atoms with E-state index in [4.69, 9.17) is 30.6 Å². The van der Waals surface area contributed by atoms with Crippen molar-refractivity contribution in [3.8, 4) is 0 Å². The number of carboxylic acid groups (broad SMARTS) is 6. The topological polar surface area (TPSA) is 224 Å². The van der Waals surface area contributed by atoms with Gasteiger partial charge in [0.05, 0.1) is 0 Å². The minimum Gasteiger partial charge on any atom is -0.477 e. The first-order chi connectivity index (χ1) is 66.0. The smallest absolute Gasteiger partial charge is 0.410 e. The van der Waals surface area contributed by atoms with Crippen LogP contribution in [0.4, 0.5) is 263 Å². The molecule has 0 radical (unpaired) electrons. The summed E-state index contributed by atoms with van der Waals surface area (Å²) in [4.78, 5) is 59.6. The van der Waals surface area contributed by atoms with Crippen molar-refractivity contribution in [2.75, 3.05) is 0 Å². The van der Waals surface area contributed by atoms with Crippen molar-refractivity contribution >= 4 is 35.8 Å². The zero-order chi connectivity index (χ0) is 122. The van der Waals surface area contributed by atoms with E-state index >= 15 is 0 Å². The SMILES string of the molecule is CCCCCCC(F)(F)C(F)(F)C(F)(F)C(F)(F)C(F)(F)C(=O)O.CCCCCCC(F)(F)C(F)(F)C(F)(F)C(F)(F)C(F)(F)C(=O)O.CCCCCCC(F)(F)C(F)(F)C(F)(F)C(F)(F)C(F)(F)C(=O)O.CCCCCCC(F)(F)C(F)(F)C(F)(F)C(F)(F)C(F)(F)C(=O)O.CCCCCCC(F)(F)C(F)(F)C(F)(F)C(F)(F)C(F)(F)C(=O)O.CCCCCCC(F)(F)C(F)(F)C(F)(F)C(F)(F)C(F)(F)C(=O)O.c1ccccc1. The fourth-order valence-corrected chi connectivity index (χ4v) is 10.5. The Labute approximate surface area is 805 Å². The van der Waals surface area contributed by atoms with Crippen LogP contribution in [0, 0.1) is 0 Å². The van der Waals surface area contributed by atoms with Crippen molar-refractivity contribution < 1.29 is 323 Å². The van der Waals surface area contributed by atoms with Crippen molar-refractivity contribution in [2.24, 2.45) is 0 Å². The number of hydrogen-bond acceptors (Lipinski definition) is 6. The molecule has 0 aliphatic rings. The summed E-state index contributed by atoms with van der Waals surface area (Å²) < 4.78 is 785. The van der Waals surface area contributed by atoms with Gasteiger partial charge in [0, 0.05) is 38.5 Å². The highest BCUT2D eigenvalue weighted by Gasteiger charge is 2.94. The minimum atomic E-state index is -7.31. The summed E-state index contributed by atoms with van der Waals surface area (Å²) in [6.45, 7) is 9.64. The molecule has 0 atom stereocenters. The fourth-order valence-electron chi connectivity index (χ4n) is 10.5. The number of alkyl halides is 60. The first kappa shape index (κ1) is 152. The highest BCUT2D eigenvalue weighted by atomic mass is 19.4. The number of halogens is 60. The van der Waals surface area contributed by atoms with Crippen LogP contribution in [0.1, 0.15) is 234 Å². The Morgan fingerprint density at radius 1 is 0.133 bits per heavy atom. The Kier molecular flexibility index (Phi) is 54.9. The van der Waals surface area contributed by atoms with Crippen molar-refractivity contribution in [1.82, 2.24) is 0 Å². The maximum absolute atomic E-state index is 13.3. The molecule has 0 aliphatic carbocycles. The molecule has 0 aliphatic heterocycles. The van der Waals surface area contributed by atoms with Crippen molar-refractivity contribution in [3.05, 3.63) is 36.4 Å². The summed E-state index contributed by atoms with van der Waals surface area (Å²) in [6.07, 6.45) is -12.4. The molecule has 0 saturated carbocycles. The van der Waals surface area contributed by atoms with E-state index in [2.05, 4.69) is 0 Å². The lowest BCUT2D eigenvalue weighted by Gasteiger charge is -2.38. The Morgan fingerprint density at radius 3 is 0.280 bits per heavy atom. The van der Waals surface area contributed by atoms with Crippen LogP contribution < -0.4 is 0 Å². The van der Waals surface area contributed by atoms with Gasteiger partial charge in [-0.05, 0) is 38.5 Å². The summed E-state index contributed by atoms with van der Waals surface area (Å²) >= 11 is 0. The van der Waals surface area contributed by atoms with Gasteiger partial charge in [0.2, 0.25) is 0 Å². The van der Waals surface area contributed by atoms with Crippen LogP contribution in [-0.2, 0) is 28.8 Å². The molecule has 1 aromatic carbocycles. The second-order valence-corrected chi connectivity index (χ2v) is 31.9. The molecular formula is C78H90F60O12. The lowest BCUT2D eigenvalue weighted by Crippen LogP contribution is -2.68. The third-order valence-corrected chi connectivity index (χ3v) is 20.2. The zero-order valence-corrected chi connectivity index (χ0v) is 76.5. The number of rotatable bonds is 60. The summed E-state index contributed by atoms with van der Waals surface area (Å²) in [5, 5.41) is 46.9. The van der Waals surface area contributed by atoms with E-state index in [0.717, 1.165) is 0 Å². The molecule has 0 spiro atoms. The quantitative estimate of drug-likeness (QED) is 0.0265. The number of carbonyl (C=O) groups is 6. The van der Waals surface area contributed by atoms with E-state index in [1.165, 1.54) is 0 Å². The molecule has 0 fully saturated rings. The fraction of sp³-hybridized carbons (Fsp3) is 0.846. The Hall–Kier alpha value is -8.16. The first-order valence-electron chi connectivity index (χ1n) is 41.8. The summed E-state index contributed by atoms with van der Waals surface area (Å²) in [7, 11) is 0. The van der Waals surface area contributed by atoms with E-state index < -0.39 is 291 Å². The predicted octanol–water partition coefficient (Wildman–Crippen LogP) is 33.0. The van der Waals surface area contributed by atoms with Crippen LogP contribution in [0.15, 0.2) is 36.4 Å². The number of benzene rings is 1. The maximum atomic E-state index is 13.3. The number of aliphatic carboxylic acids is 6. The molecule has 0 aromatic heterocycles. The third kappa shape index (κ3) is 31.6. The molecule has 0 bridgehead atoms. The van der Waals surface area contributed by atoms with E-state index in [9.17, 15) is 292 Å². The molecule has 0 saturated heterocycles. The zero-order valence-electron chi connectivity index (χ0n) is 76.5. The third-order valence-electron chi connectivity index (χ3n) is 20.2. The average molecular weight is 2360 g/mol. The molecular weight excluding hydrogens is 2270 g/mol. The van der Waals surface area contributed by atoms with Gasteiger partial charge < -0.3 is 30.6 Å². The molecule has 1 aromatic rings. The second kappa shape index (κ2) is 54.0. The van der Waals surface area contributed by atoms with E-state index in [0.29, 0.717) is 38.5 Å². The largest absolute Gasteiger partial charge is 0.477 e. The molecule has 150 heavy (non-hydrogen) atoms. The average Bonchev–Trinajstić information content (AvgIpc) is 0.741. The molecule has 12 nitrogen and oxygen atoms in total.